The van der Waals surface area contributed by atoms with Gasteiger partial charge in [-0.05, 0) is 60.4 Å². The number of carboxylic acids is 1. The lowest BCUT2D eigenvalue weighted by molar-refractivity contribution is -0.140. The minimum absolute atomic E-state index is 0.00307. The van der Waals surface area contributed by atoms with Crippen molar-refractivity contribution < 1.29 is 23.1 Å². The van der Waals surface area contributed by atoms with Crippen LogP contribution in [0.5, 0.6) is 0 Å². The minimum Gasteiger partial charge on any atom is -0.481 e. The van der Waals surface area contributed by atoms with E-state index in [9.17, 15) is 23.1 Å². The zero-order valence-electron chi connectivity index (χ0n) is 19.6. The van der Waals surface area contributed by atoms with Gasteiger partial charge in [-0.2, -0.15) is 18.0 Å². The molecule has 1 aromatic carbocycles. The average molecular weight is 469 g/mol. The van der Waals surface area contributed by atoms with Gasteiger partial charge in [0.2, 0.25) is 0 Å². The van der Waals surface area contributed by atoms with Gasteiger partial charge in [-0.3, -0.25) is 4.79 Å². The summed E-state index contributed by atoms with van der Waals surface area (Å²) >= 11 is 0. The van der Waals surface area contributed by atoms with Gasteiger partial charge in [-0.25, -0.2) is 0 Å². The Morgan fingerprint density at radius 2 is 2.00 bits per heavy atom. The smallest absolute Gasteiger partial charge is 0.416 e. The fourth-order valence-electron chi connectivity index (χ4n) is 4.69. The van der Waals surface area contributed by atoms with Gasteiger partial charge in [0.15, 0.2) is 0 Å². The normalized spacial score (nSPS) is 17.0. The van der Waals surface area contributed by atoms with Crippen LogP contribution >= 0.6 is 0 Å². The fourth-order valence-corrected chi connectivity index (χ4v) is 4.69. The molecule has 2 heterocycles. The number of tetrazole rings is 1. The second-order valence-electron chi connectivity index (χ2n) is 9.54. The first-order valence-corrected chi connectivity index (χ1v) is 11.0. The molecule has 182 valence electrons. The topological polar surface area (TPSA) is 96.2 Å². The first kappa shape index (κ1) is 24.8. The molecule has 0 bridgehead atoms. The third-order valence-corrected chi connectivity index (χ3v) is 6.17. The van der Waals surface area contributed by atoms with E-state index in [1.165, 1.54) is 18.6 Å². The average Bonchev–Trinajstić information content (AvgIpc) is 2.97. The van der Waals surface area contributed by atoms with Gasteiger partial charge in [0, 0.05) is 18.8 Å². The van der Waals surface area contributed by atoms with Crippen LogP contribution < -0.4 is 10.2 Å². The Morgan fingerprint density at radius 3 is 2.58 bits per heavy atom. The number of benzene rings is 1. The van der Waals surface area contributed by atoms with Crippen molar-refractivity contribution in [2.45, 2.75) is 65.6 Å². The summed E-state index contributed by atoms with van der Waals surface area (Å²) in [6.45, 7) is 7.78. The maximum absolute atomic E-state index is 13.9. The molecule has 8 nitrogen and oxygen atoms in total. The van der Waals surface area contributed by atoms with Gasteiger partial charge < -0.3 is 15.3 Å². The number of carbonyl (C=O) groups is 1. The van der Waals surface area contributed by atoms with Crippen LogP contribution in [-0.4, -0.2) is 44.4 Å². The van der Waals surface area contributed by atoms with Crippen molar-refractivity contribution in [2.75, 3.05) is 23.3 Å². The number of anilines is 2. The van der Waals surface area contributed by atoms with Crippen molar-refractivity contribution >= 4 is 17.6 Å². The van der Waals surface area contributed by atoms with Crippen molar-refractivity contribution in [3.63, 3.8) is 0 Å². The van der Waals surface area contributed by atoms with Gasteiger partial charge in [0.05, 0.1) is 25.1 Å². The number of nitrogens with one attached hydrogen (secondary N) is 1. The molecule has 2 aromatic rings. The molecule has 1 aliphatic heterocycles. The first-order valence-electron chi connectivity index (χ1n) is 11.0. The van der Waals surface area contributed by atoms with Crippen LogP contribution in [0.1, 0.15) is 67.8 Å². The van der Waals surface area contributed by atoms with E-state index in [1.54, 1.807) is 13.1 Å². The molecule has 0 saturated heterocycles. The molecular formula is C22H31F3N6O2. The summed E-state index contributed by atoms with van der Waals surface area (Å²) in [6.07, 6.45) is -2.51. The van der Waals surface area contributed by atoms with Crippen LogP contribution in [0.15, 0.2) is 6.07 Å². The van der Waals surface area contributed by atoms with Crippen LogP contribution in [-0.2, 0) is 18.0 Å². The van der Waals surface area contributed by atoms with Gasteiger partial charge in [-0.15, -0.1) is 5.10 Å². The number of hydrogen-bond donors (Lipinski definition) is 2. The van der Waals surface area contributed by atoms with E-state index >= 15 is 0 Å². The largest absolute Gasteiger partial charge is 0.481 e. The number of aryl methyl sites for hydroxylation is 2. The third-order valence-electron chi connectivity index (χ3n) is 6.17. The van der Waals surface area contributed by atoms with E-state index in [4.69, 9.17) is 0 Å². The van der Waals surface area contributed by atoms with Gasteiger partial charge >= 0.3 is 12.1 Å². The molecule has 11 heteroatoms. The molecule has 0 amide bonds. The molecular weight excluding hydrogens is 437 g/mol. The molecule has 1 aromatic heterocycles. The van der Waals surface area contributed by atoms with Crippen molar-refractivity contribution in [3.05, 3.63) is 28.3 Å². The number of aliphatic carboxylic acids is 1. The van der Waals surface area contributed by atoms with Crippen LogP contribution in [0, 0.1) is 19.3 Å². The quantitative estimate of drug-likeness (QED) is 0.618. The highest BCUT2D eigenvalue weighted by atomic mass is 19.4. The van der Waals surface area contributed by atoms with E-state index in [1.807, 2.05) is 18.7 Å². The lowest BCUT2D eigenvalue weighted by Crippen LogP contribution is -2.31. The summed E-state index contributed by atoms with van der Waals surface area (Å²) in [5.74, 6) is -0.567. The number of hydrogen-bond acceptors (Lipinski definition) is 6. The molecule has 33 heavy (non-hydrogen) atoms. The maximum atomic E-state index is 13.9. The highest BCUT2D eigenvalue weighted by molar-refractivity contribution is 5.68. The molecule has 3 rings (SSSR count). The Balaban J connectivity index is 2.04. The Hall–Kier alpha value is -2.85. The Labute approximate surface area is 191 Å². The lowest BCUT2D eigenvalue weighted by atomic mass is 9.85. The summed E-state index contributed by atoms with van der Waals surface area (Å²) in [7, 11) is 1.64. The molecule has 1 unspecified atom stereocenters. The van der Waals surface area contributed by atoms with Crippen molar-refractivity contribution in [1.82, 2.24) is 20.2 Å². The third kappa shape index (κ3) is 5.75. The van der Waals surface area contributed by atoms with Crippen molar-refractivity contribution in [1.29, 1.82) is 0 Å². The van der Waals surface area contributed by atoms with Crippen LogP contribution in [0.25, 0.3) is 0 Å². The molecule has 0 radical (unpaired) electrons. The zero-order chi connectivity index (χ0) is 24.6. The number of carboxylic acid groups (broad SMARTS) is 1. The number of alkyl halides is 3. The van der Waals surface area contributed by atoms with E-state index in [0.717, 1.165) is 12.0 Å². The van der Waals surface area contributed by atoms with Crippen LogP contribution in [0.3, 0.4) is 0 Å². The summed E-state index contributed by atoms with van der Waals surface area (Å²) < 4.78 is 41.8. The van der Waals surface area contributed by atoms with E-state index in [2.05, 4.69) is 20.7 Å². The number of nitrogens with zero attached hydrogens (tertiary/aromatic N) is 5. The fraction of sp³-hybridized carbons (Fsp3) is 0.636. The van der Waals surface area contributed by atoms with E-state index < -0.39 is 23.1 Å². The molecule has 0 saturated carbocycles. The molecule has 0 aliphatic carbocycles. The maximum Gasteiger partial charge on any atom is 0.416 e. The second-order valence-corrected chi connectivity index (χ2v) is 9.54. The Bertz CT molecular complexity index is 1020. The number of halogens is 3. The minimum atomic E-state index is -4.47. The summed E-state index contributed by atoms with van der Waals surface area (Å²) in [4.78, 5) is 14.5. The second kappa shape index (κ2) is 9.18. The lowest BCUT2D eigenvalue weighted by Gasteiger charge is -2.33. The van der Waals surface area contributed by atoms with E-state index in [-0.39, 0.29) is 23.6 Å². The molecule has 0 spiro atoms. The first-order chi connectivity index (χ1) is 15.3. The van der Waals surface area contributed by atoms with Crippen molar-refractivity contribution in [3.8, 4) is 0 Å². The SMILES string of the molecule is Cc1cc2c(c(C)c1C(F)(F)F)N(CCC(C)(C)CC(=O)O)CCCC2Nc1nnn(C)n1. The standard InChI is InChI=1S/C22H31F3N6O2/c1-13-11-15-16(26-20-27-29-30(5)28-20)7-6-9-31(10-8-21(3,4)12-17(32)33)19(15)14(2)18(13)22(23,24)25/h11,16H,6-10,12H2,1-5H3,(H,26,28)(H,32,33). The molecule has 1 aliphatic rings. The Morgan fingerprint density at radius 1 is 1.30 bits per heavy atom. The summed E-state index contributed by atoms with van der Waals surface area (Å²) in [5.41, 5.74) is 0.580. The van der Waals surface area contributed by atoms with Crippen LogP contribution in [0.4, 0.5) is 24.8 Å². The highest BCUT2D eigenvalue weighted by Crippen LogP contribution is 2.45. The number of aromatic nitrogens is 4. The van der Waals surface area contributed by atoms with Crippen LogP contribution in [0.2, 0.25) is 0 Å². The molecule has 1 atom stereocenters. The highest BCUT2D eigenvalue weighted by Gasteiger charge is 2.38. The van der Waals surface area contributed by atoms with Crippen molar-refractivity contribution in [2.24, 2.45) is 12.5 Å². The molecule has 2 N–H and O–H groups in total. The monoisotopic (exact) mass is 468 g/mol. The number of rotatable bonds is 7. The predicted molar refractivity (Wildman–Crippen MR) is 118 cm³/mol. The Kier molecular flexibility index (Phi) is 6.90. The van der Waals surface area contributed by atoms with Gasteiger partial charge in [0.25, 0.3) is 5.95 Å². The number of fused-ring (bicyclic) bond motifs is 1. The summed E-state index contributed by atoms with van der Waals surface area (Å²) in [6, 6.07) is 1.33. The summed E-state index contributed by atoms with van der Waals surface area (Å²) in [5, 5.41) is 24.4. The molecule has 0 fully saturated rings. The van der Waals surface area contributed by atoms with Gasteiger partial charge in [0.1, 0.15) is 0 Å². The van der Waals surface area contributed by atoms with E-state index in [0.29, 0.717) is 37.6 Å². The predicted octanol–water partition coefficient (Wildman–Crippen LogP) is 4.49. The van der Waals surface area contributed by atoms with Gasteiger partial charge in [-0.1, -0.05) is 25.0 Å². The zero-order valence-corrected chi connectivity index (χ0v) is 19.6.